The average Bonchev–Trinajstić information content (AvgIpc) is 3.39. The highest BCUT2D eigenvalue weighted by molar-refractivity contribution is 7.08. The lowest BCUT2D eigenvalue weighted by Crippen LogP contribution is -2.23. The van der Waals surface area contributed by atoms with Crippen LogP contribution in [0.1, 0.15) is 16.1 Å². The number of hydrogen-bond donors (Lipinski definition) is 1. The number of aromatic nitrogens is 3. The predicted molar refractivity (Wildman–Crippen MR) is 98.5 cm³/mol. The molecule has 0 radical (unpaired) electrons. The fraction of sp³-hybridized carbons (Fsp3) is 0.0526. The Balaban J connectivity index is 1.48. The molecule has 1 N–H and O–H groups in total. The molecule has 26 heavy (non-hydrogen) atoms. The highest BCUT2D eigenvalue weighted by Gasteiger charge is 2.15. The predicted octanol–water partition coefficient (Wildman–Crippen LogP) is 3.79. The van der Waals surface area contributed by atoms with Gasteiger partial charge in [0.25, 0.3) is 5.91 Å². The van der Waals surface area contributed by atoms with Crippen molar-refractivity contribution in [3.63, 3.8) is 0 Å². The maximum atomic E-state index is 12.4. The molecule has 0 aromatic carbocycles. The Hall–Kier alpha value is -3.32. The molecule has 0 fully saturated rings. The summed E-state index contributed by atoms with van der Waals surface area (Å²) in [6.07, 6.45) is 5.08. The summed E-state index contributed by atoms with van der Waals surface area (Å²) in [6.45, 7) is 0.354. The Kier molecular flexibility index (Phi) is 4.53. The first-order chi connectivity index (χ1) is 12.8. The van der Waals surface area contributed by atoms with E-state index in [9.17, 15) is 4.79 Å². The van der Waals surface area contributed by atoms with Gasteiger partial charge in [0.15, 0.2) is 11.5 Å². The third-order valence-corrected chi connectivity index (χ3v) is 4.50. The van der Waals surface area contributed by atoms with Crippen molar-refractivity contribution in [3.8, 4) is 22.6 Å². The number of rotatable bonds is 5. The normalized spacial score (nSPS) is 10.6. The van der Waals surface area contributed by atoms with Crippen LogP contribution in [0.4, 0.5) is 0 Å². The number of carbonyl (C=O) groups is 1. The molecular formula is C19H14N4O2S. The molecule has 4 aromatic rings. The smallest absolute Gasteiger partial charge is 0.273 e. The molecule has 0 aliphatic heterocycles. The van der Waals surface area contributed by atoms with Crippen LogP contribution in [0, 0.1) is 0 Å². The molecule has 1 amide bonds. The number of thiophene rings is 1. The summed E-state index contributed by atoms with van der Waals surface area (Å²) in [5.41, 5.74) is 3.84. The number of hydrogen-bond acceptors (Lipinski definition) is 6. The second kappa shape index (κ2) is 7.28. The van der Waals surface area contributed by atoms with E-state index < -0.39 is 0 Å². The van der Waals surface area contributed by atoms with Gasteiger partial charge in [-0.2, -0.15) is 11.3 Å². The van der Waals surface area contributed by atoms with E-state index >= 15 is 0 Å². The molecule has 0 spiro atoms. The second-order valence-corrected chi connectivity index (χ2v) is 6.30. The second-order valence-electron chi connectivity index (χ2n) is 5.52. The number of nitrogens with zero attached hydrogens (tertiary/aromatic N) is 3. The summed E-state index contributed by atoms with van der Waals surface area (Å²) in [6, 6.07) is 11.1. The van der Waals surface area contributed by atoms with E-state index in [-0.39, 0.29) is 11.6 Å². The SMILES string of the molecule is O=C(NCc1cccnc1-c1ccsc1)c1cc(-c2cccnc2)on1. The summed E-state index contributed by atoms with van der Waals surface area (Å²) in [7, 11) is 0. The van der Waals surface area contributed by atoms with Crippen molar-refractivity contribution in [3.05, 3.63) is 77.0 Å². The van der Waals surface area contributed by atoms with Gasteiger partial charge in [-0.15, -0.1) is 0 Å². The zero-order chi connectivity index (χ0) is 17.8. The third-order valence-electron chi connectivity index (χ3n) is 3.81. The molecule has 0 atom stereocenters. The summed E-state index contributed by atoms with van der Waals surface area (Å²) < 4.78 is 5.24. The molecule has 0 aliphatic rings. The maximum Gasteiger partial charge on any atom is 0.273 e. The Morgan fingerprint density at radius 3 is 2.88 bits per heavy atom. The van der Waals surface area contributed by atoms with Crippen molar-refractivity contribution >= 4 is 17.2 Å². The molecule has 6 nitrogen and oxygen atoms in total. The van der Waals surface area contributed by atoms with Crippen LogP contribution in [-0.4, -0.2) is 21.0 Å². The van der Waals surface area contributed by atoms with Gasteiger partial charge in [0.05, 0.1) is 5.69 Å². The Morgan fingerprint density at radius 2 is 2.08 bits per heavy atom. The highest BCUT2D eigenvalue weighted by atomic mass is 32.1. The van der Waals surface area contributed by atoms with Gasteiger partial charge in [-0.25, -0.2) is 0 Å². The molecule has 0 saturated heterocycles. The molecule has 0 saturated carbocycles. The van der Waals surface area contributed by atoms with E-state index in [4.69, 9.17) is 4.52 Å². The Morgan fingerprint density at radius 1 is 1.15 bits per heavy atom. The van der Waals surface area contributed by atoms with Crippen molar-refractivity contribution in [1.29, 1.82) is 0 Å². The van der Waals surface area contributed by atoms with Crippen LogP contribution < -0.4 is 5.32 Å². The first-order valence-corrected chi connectivity index (χ1v) is 8.87. The largest absolute Gasteiger partial charge is 0.355 e. The fourth-order valence-corrected chi connectivity index (χ4v) is 3.17. The number of amides is 1. The Bertz CT molecular complexity index is 1010. The average molecular weight is 362 g/mol. The molecule has 4 heterocycles. The van der Waals surface area contributed by atoms with Gasteiger partial charge >= 0.3 is 0 Å². The molecule has 4 rings (SSSR count). The summed E-state index contributed by atoms with van der Waals surface area (Å²) in [5.74, 6) is 0.201. The highest BCUT2D eigenvalue weighted by Crippen LogP contribution is 2.23. The van der Waals surface area contributed by atoms with Crippen LogP contribution in [0.25, 0.3) is 22.6 Å². The van der Waals surface area contributed by atoms with E-state index in [1.54, 1.807) is 42.1 Å². The van der Waals surface area contributed by atoms with Crippen LogP contribution in [0.3, 0.4) is 0 Å². The first-order valence-electron chi connectivity index (χ1n) is 7.93. The monoisotopic (exact) mass is 362 g/mol. The van der Waals surface area contributed by atoms with Gasteiger partial charge in [-0.1, -0.05) is 11.2 Å². The quantitative estimate of drug-likeness (QED) is 0.584. The van der Waals surface area contributed by atoms with Crippen molar-refractivity contribution in [2.24, 2.45) is 0 Å². The molecule has 4 aromatic heterocycles. The fourth-order valence-electron chi connectivity index (χ4n) is 2.53. The number of nitrogens with one attached hydrogen (secondary N) is 1. The minimum absolute atomic E-state index is 0.227. The standard InChI is InChI=1S/C19H14N4O2S/c24-19(16-9-17(25-23-16)13-3-1-6-20-10-13)22-11-14-4-2-7-21-18(14)15-5-8-26-12-15/h1-10,12H,11H2,(H,22,24). The van der Waals surface area contributed by atoms with Gasteiger partial charge in [0.2, 0.25) is 0 Å². The molecular weight excluding hydrogens is 348 g/mol. The molecule has 7 heteroatoms. The lowest BCUT2D eigenvalue weighted by Gasteiger charge is -2.07. The van der Waals surface area contributed by atoms with E-state index in [2.05, 4.69) is 20.4 Å². The van der Waals surface area contributed by atoms with Crippen LogP contribution in [-0.2, 0) is 6.54 Å². The molecule has 0 bridgehead atoms. The van der Waals surface area contributed by atoms with Crippen LogP contribution in [0.2, 0.25) is 0 Å². The van der Waals surface area contributed by atoms with E-state index in [0.717, 1.165) is 22.4 Å². The molecule has 0 unspecified atom stereocenters. The molecule has 128 valence electrons. The maximum absolute atomic E-state index is 12.4. The van der Waals surface area contributed by atoms with E-state index in [1.807, 2.05) is 35.0 Å². The summed E-state index contributed by atoms with van der Waals surface area (Å²) in [4.78, 5) is 20.9. The summed E-state index contributed by atoms with van der Waals surface area (Å²) in [5, 5.41) is 10.8. The van der Waals surface area contributed by atoms with E-state index in [1.165, 1.54) is 0 Å². The minimum Gasteiger partial charge on any atom is -0.355 e. The van der Waals surface area contributed by atoms with Crippen LogP contribution in [0.5, 0.6) is 0 Å². The first kappa shape index (κ1) is 16.2. The summed E-state index contributed by atoms with van der Waals surface area (Å²) >= 11 is 1.61. The lowest BCUT2D eigenvalue weighted by molar-refractivity contribution is 0.0942. The van der Waals surface area contributed by atoms with Crippen molar-refractivity contribution in [2.45, 2.75) is 6.54 Å². The van der Waals surface area contributed by atoms with Crippen molar-refractivity contribution < 1.29 is 9.32 Å². The van der Waals surface area contributed by atoms with Gasteiger partial charge in [0.1, 0.15) is 0 Å². The van der Waals surface area contributed by atoms with Crippen LogP contribution >= 0.6 is 11.3 Å². The van der Waals surface area contributed by atoms with Gasteiger partial charge in [0, 0.05) is 47.7 Å². The minimum atomic E-state index is -0.302. The van der Waals surface area contributed by atoms with Crippen molar-refractivity contribution in [2.75, 3.05) is 0 Å². The van der Waals surface area contributed by atoms with Crippen LogP contribution in [0.15, 0.2) is 70.3 Å². The topological polar surface area (TPSA) is 80.9 Å². The van der Waals surface area contributed by atoms with Crippen molar-refractivity contribution in [1.82, 2.24) is 20.4 Å². The van der Waals surface area contributed by atoms with E-state index in [0.29, 0.717) is 12.3 Å². The van der Waals surface area contributed by atoms with Gasteiger partial charge in [-0.05, 0) is 35.2 Å². The zero-order valence-corrected chi connectivity index (χ0v) is 14.4. The number of pyridine rings is 2. The van der Waals surface area contributed by atoms with Gasteiger partial charge in [-0.3, -0.25) is 14.8 Å². The molecule has 0 aliphatic carbocycles. The number of carbonyl (C=O) groups excluding carboxylic acids is 1. The Labute approximate surface area is 153 Å². The lowest BCUT2D eigenvalue weighted by atomic mass is 10.1. The third kappa shape index (κ3) is 3.38. The van der Waals surface area contributed by atoms with Gasteiger partial charge < -0.3 is 9.84 Å². The zero-order valence-electron chi connectivity index (χ0n) is 13.6.